The minimum Gasteiger partial charge on any atom is -0.379 e. The molecule has 1 aromatic carbocycles. The second-order valence-electron chi connectivity index (χ2n) is 6.73. The highest BCUT2D eigenvalue weighted by atomic mass is 35.5. The molecule has 3 rings (SSSR count). The van der Waals surface area contributed by atoms with Gasteiger partial charge >= 0.3 is 0 Å². The molecule has 0 aliphatic heterocycles. The Morgan fingerprint density at radius 1 is 1.33 bits per heavy atom. The van der Waals surface area contributed by atoms with Crippen molar-refractivity contribution in [3.63, 3.8) is 0 Å². The summed E-state index contributed by atoms with van der Waals surface area (Å²) in [5, 5.41) is 9.33. The van der Waals surface area contributed by atoms with Crippen molar-refractivity contribution in [1.82, 2.24) is 15.1 Å². The standard InChI is InChI=1S/C20H24ClN3O2S/c1-13(2)26-10-4-9-22-19(25)18-11-17-14(3)23-24(20(17)27-18)12-15-5-7-16(21)8-6-15/h5-8,11,13H,4,9-10,12H2,1-3H3,(H,22,25). The molecule has 1 amide bonds. The molecule has 2 heterocycles. The zero-order valence-electron chi connectivity index (χ0n) is 15.8. The molecule has 0 atom stereocenters. The number of nitrogens with zero attached hydrogens (tertiary/aromatic N) is 2. The minimum absolute atomic E-state index is 0.0433. The molecule has 0 radical (unpaired) electrons. The molecule has 0 saturated heterocycles. The van der Waals surface area contributed by atoms with Crippen LogP contribution in [0.1, 0.15) is 41.2 Å². The van der Waals surface area contributed by atoms with Gasteiger partial charge in [0.1, 0.15) is 4.83 Å². The van der Waals surface area contributed by atoms with Crippen LogP contribution in [0.3, 0.4) is 0 Å². The fourth-order valence-corrected chi connectivity index (χ4v) is 3.98. The predicted octanol–water partition coefficient (Wildman–Crippen LogP) is 4.65. The third-order valence-corrected chi connectivity index (χ3v) is 5.53. The molecule has 0 fully saturated rings. The fourth-order valence-electron chi connectivity index (χ4n) is 2.77. The Bertz CT molecular complexity index is 915. The zero-order chi connectivity index (χ0) is 19.4. The highest BCUT2D eigenvalue weighted by molar-refractivity contribution is 7.20. The molecule has 0 unspecified atom stereocenters. The predicted molar refractivity (Wildman–Crippen MR) is 111 cm³/mol. The summed E-state index contributed by atoms with van der Waals surface area (Å²) in [6.07, 6.45) is 1.02. The van der Waals surface area contributed by atoms with Crippen molar-refractivity contribution in [3.8, 4) is 0 Å². The van der Waals surface area contributed by atoms with Gasteiger partial charge in [0.05, 0.1) is 23.2 Å². The average Bonchev–Trinajstić information content (AvgIpc) is 3.18. The van der Waals surface area contributed by atoms with Crippen molar-refractivity contribution < 1.29 is 9.53 Å². The van der Waals surface area contributed by atoms with Crippen LogP contribution in [0.15, 0.2) is 30.3 Å². The molecule has 144 valence electrons. The molecule has 5 nitrogen and oxygen atoms in total. The summed E-state index contributed by atoms with van der Waals surface area (Å²) in [6, 6.07) is 9.67. The van der Waals surface area contributed by atoms with Crippen LogP contribution < -0.4 is 5.32 Å². The van der Waals surface area contributed by atoms with Crippen molar-refractivity contribution in [2.75, 3.05) is 13.2 Å². The maximum absolute atomic E-state index is 12.4. The topological polar surface area (TPSA) is 56.2 Å². The van der Waals surface area contributed by atoms with E-state index in [9.17, 15) is 4.79 Å². The lowest BCUT2D eigenvalue weighted by Gasteiger charge is -2.07. The highest BCUT2D eigenvalue weighted by Crippen LogP contribution is 2.29. The van der Waals surface area contributed by atoms with Gasteiger partial charge in [0.2, 0.25) is 0 Å². The van der Waals surface area contributed by atoms with E-state index in [0.29, 0.717) is 24.6 Å². The molecule has 1 N–H and O–H groups in total. The van der Waals surface area contributed by atoms with Crippen LogP contribution in [0.25, 0.3) is 10.2 Å². The van der Waals surface area contributed by atoms with Crippen molar-refractivity contribution in [2.45, 2.75) is 39.8 Å². The summed E-state index contributed by atoms with van der Waals surface area (Å²) in [5.41, 5.74) is 2.05. The zero-order valence-corrected chi connectivity index (χ0v) is 17.4. The third-order valence-electron chi connectivity index (χ3n) is 4.13. The van der Waals surface area contributed by atoms with Gasteiger partial charge in [-0.3, -0.25) is 9.48 Å². The van der Waals surface area contributed by atoms with Crippen LogP contribution in [0, 0.1) is 6.92 Å². The molecule has 0 aliphatic carbocycles. The van der Waals surface area contributed by atoms with E-state index in [1.54, 1.807) is 0 Å². The number of carbonyl (C=O) groups excluding carboxylic acids is 1. The van der Waals surface area contributed by atoms with Crippen LogP contribution in [-0.4, -0.2) is 34.9 Å². The van der Waals surface area contributed by atoms with E-state index in [-0.39, 0.29) is 12.0 Å². The van der Waals surface area contributed by atoms with E-state index in [0.717, 1.165) is 32.9 Å². The molecule has 0 bridgehead atoms. The first kappa shape index (κ1) is 19.9. The summed E-state index contributed by atoms with van der Waals surface area (Å²) in [4.78, 5) is 14.2. The van der Waals surface area contributed by atoms with Gasteiger partial charge in [-0.25, -0.2) is 0 Å². The summed E-state index contributed by atoms with van der Waals surface area (Å²) >= 11 is 7.43. The summed E-state index contributed by atoms with van der Waals surface area (Å²) in [6.45, 7) is 7.89. The van der Waals surface area contributed by atoms with Crippen molar-refractivity contribution in [1.29, 1.82) is 0 Å². The van der Waals surface area contributed by atoms with Crippen molar-refractivity contribution in [3.05, 3.63) is 51.5 Å². The van der Waals surface area contributed by atoms with Gasteiger partial charge < -0.3 is 10.1 Å². The number of aromatic nitrogens is 2. The quantitative estimate of drug-likeness (QED) is 0.555. The molecule has 7 heteroatoms. The Hall–Kier alpha value is -1.89. The fraction of sp³-hybridized carbons (Fsp3) is 0.400. The lowest BCUT2D eigenvalue weighted by Crippen LogP contribution is -2.24. The Morgan fingerprint density at radius 3 is 2.78 bits per heavy atom. The van der Waals surface area contributed by atoms with Gasteiger partial charge in [-0.05, 0) is 51.0 Å². The number of amides is 1. The summed E-state index contributed by atoms with van der Waals surface area (Å²) in [7, 11) is 0. The highest BCUT2D eigenvalue weighted by Gasteiger charge is 2.16. The van der Waals surface area contributed by atoms with Gasteiger partial charge in [-0.1, -0.05) is 23.7 Å². The Labute approximate surface area is 168 Å². The normalized spacial score (nSPS) is 11.4. The van der Waals surface area contributed by atoms with E-state index < -0.39 is 0 Å². The van der Waals surface area contributed by atoms with Crippen LogP contribution in [0.5, 0.6) is 0 Å². The first-order chi connectivity index (χ1) is 12.9. The number of fused-ring (bicyclic) bond motifs is 1. The molecule has 27 heavy (non-hydrogen) atoms. The van der Waals surface area contributed by atoms with E-state index in [2.05, 4.69) is 10.4 Å². The Kier molecular flexibility index (Phi) is 6.52. The van der Waals surface area contributed by atoms with Gasteiger partial charge in [0, 0.05) is 23.6 Å². The van der Waals surface area contributed by atoms with Gasteiger partial charge in [-0.15, -0.1) is 11.3 Å². The smallest absolute Gasteiger partial charge is 0.261 e. The maximum atomic E-state index is 12.4. The SMILES string of the molecule is Cc1nn(Cc2ccc(Cl)cc2)c2sc(C(=O)NCCCOC(C)C)cc12. The minimum atomic E-state index is -0.0433. The van der Waals surface area contributed by atoms with Crippen LogP contribution in [-0.2, 0) is 11.3 Å². The number of nitrogens with one attached hydrogen (secondary N) is 1. The van der Waals surface area contributed by atoms with Gasteiger partial charge in [-0.2, -0.15) is 5.10 Å². The second-order valence-corrected chi connectivity index (χ2v) is 8.20. The van der Waals surface area contributed by atoms with Gasteiger partial charge in [0.15, 0.2) is 0 Å². The number of benzene rings is 1. The van der Waals surface area contributed by atoms with Crippen molar-refractivity contribution in [2.24, 2.45) is 0 Å². The number of halogens is 1. The number of carbonyl (C=O) groups is 1. The average molecular weight is 406 g/mol. The Balaban J connectivity index is 1.67. The molecule has 0 aliphatic rings. The van der Waals surface area contributed by atoms with Crippen LogP contribution in [0.4, 0.5) is 0 Å². The number of aryl methyl sites for hydroxylation is 1. The number of ether oxygens (including phenoxy) is 1. The molecule has 3 aromatic rings. The van der Waals surface area contributed by atoms with E-state index in [1.165, 1.54) is 11.3 Å². The van der Waals surface area contributed by atoms with Gasteiger partial charge in [0.25, 0.3) is 5.91 Å². The number of hydrogen-bond acceptors (Lipinski definition) is 4. The third kappa shape index (κ3) is 5.09. The maximum Gasteiger partial charge on any atom is 0.261 e. The molecule has 2 aromatic heterocycles. The van der Waals surface area contributed by atoms with E-state index in [4.69, 9.17) is 16.3 Å². The first-order valence-corrected chi connectivity index (χ1v) is 10.2. The second kappa shape index (κ2) is 8.87. The first-order valence-electron chi connectivity index (χ1n) is 9.05. The molecule has 0 saturated carbocycles. The number of hydrogen-bond donors (Lipinski definition) is 1. The number of rotatable bonds is 8. The molecular weight excluding hydrogens is 382 g/mol. The number of thiophene rings is 1. The van der Waals surface area contributed by atoms with Crippen LogP contribution in [0.2, 0.25) is 5.02 Å². The Morgan fingerprint density at radius 2 is 2.07 bits per heavy atom. The molecule has 0 spiro atoms. The van der Waals surface area contributed by atoms with E-state index >= 15 is 0 Å². The monoisotopic (exact) mass is 405 g/mol. The summed E-state index contributed by atoms with van der Waals surface area (Å²) < 4.78 is 7.44. The summed E-state index contributed by atoms with van der Waals surface area (Å²) in [5.74, 6) is -0.0433. The van der Waals surface area contributed by atoms with Crippen LogP contribution >= 0.6 is 22.9 Å². The van der Waals surface area contributed by atoms with E-state index in [1.807, 2.05) is 55.8 Å². The lowest BCUT2D eigenvalue weighted by molar-refractivity contribution is 0.0757. The molecular formula is C20H24ClN3O2S. The van der Waals surface area contributed by atoms with Crippen molar-refractivity contribution >= 4 is 39.1 Å². The lowest BCUT2D eigenvalue weighted by atomic mass is 10.2. The largest absolute Gasteiger partial charge is 0.379 e.